The fourth-order valence-corrected chi connectivity index (χ4v) is 1.53. The molecule has 0 aliphatic rings. The first-order valence-electron chi connectivity index (χ1n) is 6.05. The molecule has 1 aromatic carbocycles. The summed E-state index contributed by atoms with van der Waals surface area (Å²) in [4.78, 5) is 0. The van der Waals surface area contributed by atoms with Crippen LogP contribution in [0.2, 0.25) is 0 Å². The first-order chi connectivity index (χ1) is 7.77. The van der Waals surface area contributed by atoms with E-state index in [1.54, 1.807) is 0 Å². The normalized spacial score (nSPS) is 10.1. The molecule has 0 unspecified atom stereocenters. The highest BCUT2D eigenvalue weighted by molar-refractivity contribution is 5.61. The van der Waals surface area contributed by atoms with E-state index in [2.05, 4.69) is 55.5 Å². The molecule has 1 aromatic rings. The van der Waals surface area contributed by atoms with Crippen LogP contribution in [0, 0.1) is 0 Å². The Kier molecular flexibility index (Phi) is 5.65. The van der Waals surface area contributed by atoms with Gasteiger partial charge in [-0.25, -0.2) is 5.43 Å². The van der Waals surface area contributed by atoms with Crippen molar-refractivity contribution in [2.75, 3.05) is 6.54 Å². The zero-order valence-corrected chi connectivity index (χ0v) is 10.3. The van der Waals surface area contributed by atoms with Crippen molar-refractivity contribution in [1.82, 2.24) is 10.9 Å². The van der Waals surface area contributed by atoms with Gasteiger partial charge in [-0.15, -0.1) is 0 Å². The van der Waals surface area contributed by atoms with Crippen molar-refractivity contribution in [3.8, 4) is 0 Å². The summed E-state index contributed by atoms with van der Waals surface area (Å²) in [6.45, 7) is 9.28. The molecule has 0 aliphatic heterocycles. The zero-order valence-electron chi connectivity index (χ0n) is 10.3. The molecule has 2 heteroatoms. The maximum absolute atomic E-state index is 4.00. The molecule has 0 aliphatic carbocycles. The van der Waals surface area contributed by atoms with Crippen LogP contribution in [0.15, 0.2) is 30.8 Å². The van der Waals surface area contributed by atoms with E-state index in [1.165, 1.54) is 12.0 Å². The van der Waals surface area contributed by atoms with E-state index in [9.17, 15) is 0 Å². The van der Waals surface area contributed by atoms with Crippen molar-refractivity contribution in [2.24, 2.45) is 0 Å². The molecule has 0 bridgehead atoms. The summed E-state index contributed by atoms with van der Waals surface area (Å²) < 4.78 is 0. The minimum Gasteiger partial charge on any atom is -0.322 e. The summed E-state index contributed by atoms with van der Waals surface area (Å²) in [5.41, 5.74) is 9.69. The number of aryl methyl sites for hydroxylation is 1. The van der Waals surface area contributed by atoms with Crippen LogP contribution in [0.3, 0.4) is 0 Å². The van der Waals surface area contributed by atoms with E-state index in [0.717, 1.165) is 30.6 Å². The third-order valence-corrected chi connectivity index (χ3v) is 2.46. The Morgan fingerprint density at radius 1 is 1.12 bits per heavy atom. The first-order valence-corrected chi connectivity index (χ1v) is 6.05. The minimum absolute atomic E-state index is 0.927. The topological polar surface area (TPSA) is 24.1 Å². The van der Waals surface area contributed by atoms with Crippen molar-refractivity contribution in [3.05, 3.63) is 42.0 Å². The monoisotopic (exact) mass is 218 g/mol. The second kappa shape index (κ2) is 7.07. The van der Waals surface area contributed by atoms with Crippen molar-refractivity contribution >= 4 is 5.70 Å². The second-order valence-electron chi connectivity index (χ2n) is 3.98. The van der Waals surface area contributed by atoms with Gasteiger partial charge in [-0.1, -0.05) is 51.1 Å². The summed E-state index contributed by atoms with van der Waals surface area (Å²) in [5.74, 6) is 0. The summed E-state index contributed by atoms with van der Waals surface area (Å²) in [6.07, 6.45) is 3.45. The highest BCUT2D eigenvalue weighted by Gasteiger charge is 1.97. The highest BCUT2D eigenvalue weighted by atomic mass is 15.4. The molecule has 0 atom stereocenters. The molecule has 0 spiro atoms. The molecular weight excluding hydrogens is 196 g/mol. The lowest BCUT2D eigenvalue weighted by Gasteiger charge is -2.10. The number of hydrazine groups is 1. The molecule has 2 N–H and O–H groups in total. The standard InChI is InChI=1S/C14H22N2/c1-4-6-13-7-9-14(10-8-13)12(3)16-15-11-5-2/h7-10,15-16H,3-6,11H2,1-2H3. The first kappa shape index (κ1) is 12.8. The van der Waals surface area contributed by atoms with Crippen LogP contribution >= 0.6 is 0 Å². The van der Waals surface area contributed by atoms with Crippen LogP contribution in [0.5, 0.6) is 0 Å². The predicted molar refractivity (Wildman–Crippen MR) is 70.9 cm³/mol. The molecule has 1 rings (SSSR count). The van der Waals surface area contributed by atoms with E-state index in [4.69, 9.17) is 0 Å². The van der Waals surface area contributed by atoms with Crippen molar-refractivity contribution in [1.29, 1.82) is 0 Å². The summed E-state index contributed by atoms with van der Waals surface area (Å²) in [5, 5.41) is 0. The van der Waals surface area contributed by atoms with Crippen LogP contribution in [0.1, 0.15) is 37.8 Å². The summed E-state index contributed by atoms with van der Waals surface area (Å²) in [7, 11) is 0. The number of nitrogens with one attached hydrogen (secondary N) is 2. The highest BCUT2D eigenvalue weighted by Crippen LogP contribution is 2.11. The lowest BCUT2D eigenvalue weighted by atomic mass is 10.1. The Hall–Kier alpha value is -1.28. The van der Waals surface area contributed by atoms with E-state index in [1.807, 2.05) is 0 Å². The van der Waals surface area contributed by atoms with Gasteiger partial charge in [0.05, 0.1) is 0 Å². The van der Waals surface area contributed by atoms with Crippen LogP contribution < -0.4 is 10.9 Å². The number of hydrogen-bond acceptors (Lipinski definition) is 2. The average Bonchev–Trinajstić information content (AvgIpc) is 2.30. The molecule has 0 heterocycles. The fourth-order valence-electron chi connectivity index (χ4n) is 1.53. The quantitative estimate of drug-likeness (QED) is 0.543. The molecule has 2 nitrogen and oxygen atoms in total. The van der Waals surface area contributed by atoms with Crippen LogP contribution in [0.25, 0.3) is 5.70 Å². The van der Waals surface area contributed by atoms with Gasteiger partial charge in [0.25, 0.3) is 0 Å². The molecule has 0 saturated carbocycles. The molecule has 0 aromatic heterocycles. The van der Waals surface area contributed by atoms with Crippen molar-refractivity contribution < 1.29 is 0 Å². The minimum atomic E-state index is 0.927. The lowest BCUT2D eigenvalue weighted by molar-refractivity contribution is 0.629. The third-order valence-electron chi connectivity index (χ3n) is 2.46. The smallest absolute Gasteiger partial charge is 0.0488 e. The largest absolute Gasteiger partial charge is 0.322 e. The second-order valence-corrected chi connectivity index (χ2v) is 3.98. The maximum atomic E-state index is 4.00. The SMILES string of the molecule is C=C(NNCCC)c1ccc(CCC)cc1. The van der Waals surface area contributed by atoms with Crippen LogP contribution in [-0.4, -0.2) is 6.54 Å². The molecule has 0 saturated heterocycles. The Balaban J connectivity index is 2.49. The maximum Gasteiger partial charge on any atom is 0.0488 e. The van der Waals surface area contributed by atoms with E-state index in [0.29, 0.717) is 0 Å². The Labute approximate surface area is 98.7 Å². The Bertz CT molecular complexity index is 314. The van der Waals surface area contributed by atoms with Gasteiger partial charge in [0.15, 0.2) is 0 Å². The van der Waals surface area contributed by atoms with Gasteiger partial charge in [0, 0.05) is 12.2 Å². The number of hydrogen-bond donors (Lipinski definition) is 2. The fraction of sp³-hybridized carbons (Fsp3) is 0.429. The summed E-state index contributed by atoms with van der Waals surface area (Å²) >= 11 is 0. The molecule has 0 radical (unpaired) electrons. The van der Waals surface area contributed by atoms with E-state index >= 15 is 0 Å². The Morgan fingerprint density at radius 2 is 1.81 bits per heavy atom. The van der Waals surface area contributed by atoms with Crippen LogP contribution in [0.4, 0.5) is 0 Å². The van der Waals surface area contributed by atoms with Gasteiger partial charge in [-0.05, 0) is 24.0 Å². The van der Waals surface area contributed by atoms with Gasteiger partial charge in [0.1, 0.15) is 0 Å². The van der Waals surface area contributed by atoms with Gasteiger partial charge in [0.2, 0.25) is 0 Å². The average molecular weight is 218 g/mol. The zero-order chi connectivity index (χ0) is 11.8. The third kappa shape index (κ3) is 4.07. The van der Waals surface area contributed by atoms with Crippen molar-refractivity contribution in [3.63, 3.8) is 0 Å². The number of rotatable bonds is 7. The van der Waals surface area contributed by atoms with Gasteiger partial charge in [-0.3, -0.25) is 0 Å². The van der Waals surface area contributed by atoms with Gasteiger partial charge < -0.3 is 5.43 Å². The van der Waals surface area contributed by atoms with E-state index in [-0.39, 0.29) is 0 Å². The molecule has 88 valence electrons. The molecule has 0 amide bonds. The molecule has 0 fully saturated rings. The Morgan fingerprint density at radius 3 is 2.38 bits per heavy atom. The van der Waals surface area contributed by atoms with E-state index < -0.39 is 0 Å². The van der Waals surface area contributed by atoms with Crippen LogP contribution in [-0.2, 0) is 6.42 Å². The molecule has 16 heavy (non-hydrogen) atoms. The van der Waals surface area contributed by atoms with Crippen molar-refractivity contribution in [2.45, 2.75) is 33.1 Å². The number of benzene rings is 1. The van der Waals surface area contributed by atoms with Gasteiger partial charge in [-0.2, -0.15) is 0 Å². The summed E-state index contributed by atoms with van der Waals surface area (Å²) in [6, 6.07) is 8.58. The van der Waals surface area contributed by atoms with Gasteiger partial charge >= 0.3 is 0 Å². The molecular formula is C14H22N2. The lowest BCUT2D eigenvalue weighted by Crippen LogP contribution is -2.30. The predicted octanol–water partition coefficient (Wildman–Crippen LogP) is 3.11.